The van der Waals surface area contributed by atoms with Crippen LogP contribution in [0.25, 0.3) is 10.9 Å². The van der Waals surface area contributed by atoms with Crippen LogP contribution in [0.2, 0.25) is 0 Å². The SMILES string of the molecule is CNC(=O)Nc1ccc(Oc2ccnc3cc(OC)c(C(N)=O)cc23)cc1F. The smallest absolute Gasteiger partial charge is 0.319 e. The lowest BCUT2D eigenvalue weighted by molar-refractivity contribution is 0.0997. The van der Waals surface area contributed by atoms with Crippen LogP contribution in [0.1, 0.15) is 10.4 Å². The van der Waals surface area contributed by atoms with Gasteiger partial charge in [0, 0.05) is 30.8 Å². The summed E-state index contributed by atoms with van der Waals surface area (Å²) in [4.78, 5) is 27.2. The highest BCUT2D eigenvalue weighted by Gasteiger charge is 2.15. The topological polar surface area (TPSA) is 116 Å². The van der Waals surface area contributed by atoms with Crippen molar-refractivity contribution in [1.29, 1.82) is 0 Å². The Hall–Kier alpha value is -3.88. The van der Waals surface area contributed by atoms with Crippen LogP contribution in [0, 0.1) is 5.82 Å². The molecule has 3 rings (SSSR count). The van der Waals surface area contributed by atoms with Crippen molar-refractivity contribution < 1.29 is 23.5 Å². The highest BCUT2D eigenvalue weighted by molar-refractivity contribution is 6.01. The van der Waals surface area contributed by atoms with Gasteiger partial charge in [-0.2, -0.15) is 0 Å². The number of primary amides is 1. The van der Waals surface area contributed by atoms with Crippen LogP contribution >= 0.6 is 0 Å². The summed E-state index contributed by atoms with van der Waals surface area (Å²) in [5, 5.41) is 5.20. The fourth-order valence-corrected chi connectivity index (χ4v) is 2.57. The number of urea groups is 1. The number of anilines is 1. The number of halogens is 1. The molecule has 0 bridgehead atoms. The molecule has 2 aromatic carbocycles. The number of ether oxygens (including phenoxy) is 2. The minimum absolute atomic E-state index is 0.00652. The summed E-state index contributed by atoms with van der Waals surface area (Å²) in [7, 11) is 2.85. The number of pyridine rings is 1. The van der Waals surface area contributed by atoms with Crippen LogP contribution in [0.5, 0.6) is 17.2 Å². The molecule has 0 saturated carbocycles. The van der Waals surface area contributed by atoms with Crippen LogP contribution in [0.15, 0.2) is 42.6 Å². The molecule has 1 heterocycles. The molecule has 0 aliphatic heterocycles. The van der Waals surface area contributed by atoms with Crippen molar-refractivity contribution in [2.24, 2.45) is 5.73 Å². The molecule has 0 radical (unpaired) electrons. The lowest BCUT2D eigenvalue weighted by atomic mass is 10.1. The number of hydrogen-bond donors (Lipinski definition) is 3. The molecule has 1 aromatic heterocycles. The largest absolute Gasteiger partial charge is 0.496 e. The number of carbonyl (C=O) groups is 2. The number of amides is 3. The zero-order chi connectivity index (χ0) is 20.3. The second-order valence-corrected chi connectivity index (χ2v) is 5.69. The van der Waals surface area contributed by atoms with Crippen molar-refractivity contribution in [2.45, 2.75) is 0 Å². The van der Waals surface area contributed by atoms with Crippen molar-refractivity contribution in [3.05, 3.63) is 54.0 Å². The van der Waals surface area contributed by atoms with Gasteiger partial charge < -0.3 is 25.8 Å². The second-order valence-electron chi connectivity index (χ2n) is 5.69. The lowest BCUT2D eigenvalue weighted by Crippen LogP contribution is -2.24. The molecule has 9 heteroatoms. The zero-order valence-corrected chi connectivity index (χ0v) is 15.1. The average molecular weight is 384 g/mol. The number of nitrogens with zero attached hydrogens (tertiary/aromatic N) is 1. The summed E-state index contributed by atoms with van der Waals surface area (Å²) >= 11 is 0. The first-order valence-corrected chi connectivity index (χ1v) is 8.15. The van der Waals surface area contributed by atoms with Gasteiger partial charge in [-0.3, -0.25) is 9.78 Å². The molecule has 28 heavy (non-hydrogen) atoms. The molecule has 0 aliphatic rings. The van der Waals surface area contributed by atoms with Gasteiger partial charge in [-0.25, -0.2) is 9.18 Å². The first-order valence-electron chi connectivity index (χ1n) is 8.15. The van der Waals surface area contributed by atoms with Gasteiger partial charge in [-0.15, -0.1) is 0 Å². The Balaban J connectivity index is 1.98. The molecule has 0 fully saturated rings. The minimum Gasteiger partial charge on any atom is -0.496 e. The van der Waals surface area contributed by atoms with Crippen molar-refractivity contribution in [3.63, 3.8) is 0 Å². The highest BCUT2D eigenvalue weighted by Crippen LogP contribution is 2.33. The second kappa shape index (κ2) is 7.78. The van der Waals surface area contributed by atoms with Gasteiger partial charge in [-0.1, -0.05) is 0 Å². The van der Waals surface area contributed by atoms with Crippen molar-refractivity contribution in [2.75, 3.05) is 19.5 Å². The van der Waals surface area contributed by atoms with Crippen LogP contribution in [0.3, 0.4) is 0 Å². The third-order valence-electron chi connectivity index (χ3n) is 3.93. The molecule has 4 N–H and O–H groups in total. The molecule has 0 unspecified atom stereocenters. The van der Waals surface area contributed by atoms with Crippen molar-refractivity contribution >= 4 is 28.5 Å². The molecule has 144 valence electrons. The van der Waals surface area contributed by atoms with E-state index in [2.05, 4.69) is 15.6 Å². The quantitative estimate of drug-likeness (QED) is 0.625. The number of aromatic nitrogens is 1. The summed E-state index contributed by atoms with van der Waals surface area (Å²) in [5.74, 6) is -0.492. The number of hydrogen-bond acceptors (Lipinski definition) is 5. The Morgan fingerprint density at radius 3 is 2.57 bits per heavy atom. The third kappa shape index (κ3) is 3.78. The molecular weight excluding hydrogens is 367 g/mol. The number of rotatable bonds is 5. The predicted octanol–water partition coefficient (Wildman–Crippen LogP) is 3.03. The maximum Gasteiger partial charge on any atom is 0.319 e. The van der Waals surface area contributed by atoms with Gasteiger partial charge in [0.15, 0.2) is 0 Å². The summed E-state index contributed by atoms with van der Waals surface area (Å²) in [5.41, 5.74) is 6.09. The first-order chi connectivity index (χ1) is 13.4. The Morgan fingerprint density at radius 2 is 1.93 bits per heavy atom. The molecule has 0 saturated heterocycles. The standard InChI is InChI=1S/C19H17FN4O4/c1-22-19(26)24-14-4-3-10(7-13(14)20)28-16-5-6-23-15-9-17(27-2)12(18(21)25)8-11(15)16/h3-9H,1-2H3,(H2,21,25)(H2,22,24,26). The Labute approximate surface area is 159 Å². The van der Waals surface area contributed by atoms with E-state index in [1.807, 2.05) is 0 Å². The van der Waals surface area contributed by atoms with Crippen molar-refractivity contribution in [1.82, 2.24) is 10.3 Å². The molecule has 0 spiro atoms. The first kappa shape index (κ1) is 18.9. The number of nitrogens with two attached hydrogens (primary N) is 1. The van der Waals surface area contributed by atoms with E-state index in [9.17, 15) is 14.0 Å². The summed E-state index contributed by atoms with van der Waals surface area (Å²) in [6.45, 7) is 0. The highest BCUT2D eigenvalue weighted by atomic mass is 19.1. The zero-order valence-electron chi connectivity index (χ0n) is 15.1. The van der Waals surface area contributed by atoms with E-state index in [-0.39, 0.29) is 17.0 Å². The van der Waals surface area contributed by atoms with E-state index in [1.165, 1.54) is 38.6 Å². The van der Waals surface area contributed by atoms with Crippen LogP contribution < -0.4 is 25.8 Å². The van der Waals surface area contributed by atoms with Gasteiger partial charge in [0.1, 0.15) is 23.1 Å². The van der Waals surface area contributed by atoms with E-state index in [4.69, 9.17) is 15.2 Å². The van der Waals surface area contributed by atoms with Crippen LogP contribution in [0.4, 0.5) is 14.9 Å². The van der Waals surface area contributed by atoms with Gasteiger partial charge in [0.25, 0.3) is 5.91 Å². The lowest BCUT2D eigenvalue weighted by Gasteiger charge is -2.12. The number of benzene rings is 2. The van der Waals surface area contributed by atoms with Gasteiger partial charge in [-0.05, 0) is 24.3 Å². The normalized spacial score (nSPS) is 10.4. The molecule has 3 aromatic rings. The maximum absolute atomic E-state index is 14.2. The molecule has 3 amide bonds. The fourth-order valence-electron chi connectivity index (χ4n) is 2.57. The Bertz CT molecular complexity index is 1070. The summed E-state index contributed by atoms with van der Waals surface area (Å²) in [6, 6.07) is 8.13. The van der Waals surface area contributed by atoms with E-state index in [1.54, 1.807) is 12.1 Å². The van der Waals surface area contributed by atoms with Crippen LogP contribution in [-0.2, 0) is 0 Å². The molecule has 0 atom stereocenters. The maximum atomic E-state index is 14.2. The molecular formula is C19H17FN4O4. The van der Waals surface area contributed by atoms with Crippen molar-refractivity contribution in [3.8, 4) is 17.2 Å². The van der Waals surface area contributed by atoms with Gasteiger partial charge >= 0.3 is 6.03 Å². The predicted molar refractivity (Wildman–Crippen MR) is 101 cm³/mol. The number of nitrogens with one attached hydrogen (secondary N) is 2. The van der Waals surface area contributed by atoms with E-state index in [0.29, 0.717) is 22.4 Å². The van der Waals surface area contributed by atoms with Crippen LogP contribution in [-0.4, -0.2) is 31.1 Å². The summed E-state index contributed by atoms with van der Waals surface area (Å²) < 4.78 is 25.2. The molecule has 0 aliphatic carbocycles. The van der Waals surface area contributed by atoms with E-state index >= 15 is 0 Å². The number of methoxy groups -OCH3 is 1. The van der Waals surface area contributed by atoms with E-state index in [0.717, 1.165) is 6.07 Å². The molecule has 8 nitrogen and oxygen atoms in total. The third-order valence-corrected chi connectivity index (χ3v) is 3.93. The number of fused-ring (bicyclic) bond motifs is 1. The average Bonchev–Trinajstić information content (AvgIpc) is 2.69. The van der Waals surface area contributed by atoms with E-state index < -0.39 is 17.8 Å². The Kier molecular flexibility index (Phi) is 5.25. The number of carbonyl (C=O) groups excluding carboxylic acids is 2. The Morgan fingerprint density at radius 1 is 1.14 bits per heavy atom. The summed E-state index contributed by atoms with van der Waals surface area (Å²) in [6.07, 6.45) is 1.51. The fraction of sp³-hybridized carbons (Fsp3) is 0.105. The minimum atomic E-state index is -0.668. The van der Waals surface area contributed by atoms with Gasteiger partial charge in [0.2, 0.25) is 0 Å². The van der Waals surface area contributed by atoms with Gasteiger partial charge in [0.05, 0.1) is 23.9 Å². The monoisotopic (exact) mass is 384 g/mol.